The van der Waals surface area contributed by atoms with Crippen molar-refractivity contribution in [2.45, 2.75) is 57.4 Å². The Labute approximate surface area is 170 Å². The van der Waals surface area contributed by atoms with E-state index in [9.17, 15) is 9.59 Å². The van der Waals surface area contributed by atoms with Gasteiger partial charge in [-0.15, -0.1) is 0 Å². The Morgan fingerprint density at radius 3 is 2.48 bits per heavy atom. The molecule has 8 heteroatoms. The Bertz CT molecular complexity index is 597. The van der Waals surface area contributed by atoms with Crippen LogP contribution >= 0.6 is 43.5 Å². The molecule has 0 radical (unpaired) electrons. The predicted molar refractivity (Wildman–Crippen MR) is 105 cm³/mol. The van der Waals surface area contributed by atoms with Gasteiger partial charge < -0.3 is 4.74 Å². The van der Waals surface area contributed by atoms with Gasteiger partial charge in [-0.05, 0) is 63.8 Å². The molecule has 1 N–H and O–H groups in total. The average Bonchev–Trinajstić information content (AvgIpc) is 2.51. The number of imide groups is 1. The maximum absolute atomic E-state index is 11.3. The smallest absolute Gasteiger partial charge is 0.226 e. The molecule has 0 fully saturated rings. The molecule has 0 bridgehead atoms. The summed E-state index contributed by atoms with van der Waals surface area (Å²) in [5.74, 6) is -0.513. The topological polar surface area (TPSA) is 68.3 Å². The first-order valence-electron chi connectivity index (χ1n) is 8.18. The number of amides is 2. The van der Waals surface area contributed by atoms with Gasteiger partial charge in [0, 0.05) is 20.0 Å². The van der Waals surface area contributed by atoms with Crippen molar-refractivity contribution in [3.63, 3.8) is 0 Å². The standard InChI is InChI=1S/C17H23Br2ClN2O3/c1-12(23)21-15(24)8-6-4-3-5-7-11-25-17(2,20)14-10-9-13(18)16(19)22-14/h9-10H,3-8,11H2,1-2H3,(H,21,23,24). The Morgan fingerprint density at radius 1 is 1.20 bits per heavy atom. The first-order chi connectivity index (χ1) is 11.7. The molecule has 1 aromatic rings. The lowest BCUT2D eigenvalue weighted by atomic mass is 10.1. The molecule has 2 amide bonds. The van der Waals surface area contributed by atoms with Crippen LogP contribution in [0.2, 0.25) is 0 Å². The fraction of sp³-hybridized carbons (Fsp3) is 0.588. The third-order valence-electron chi connectivity index (χ3n) is 3.50. The Kier molecular flexibility index (Phi) is 10.2. The van der Waals surface area contributed by atoms with Crippen LogP contribution in [0.1, 0.15) is 58.1 Å². The first-order valence-corrected chi connectivity index (χ1v) is 10.1. The Hall–Kier alpha value is -0.500. The summed E-state index contributed by atoms with van der Waals surface area (Å²) in [6.07, 6.45) is 5.02. The number of ether oxygens (including phenoxy) is 1. The maximum Gasteiger partial charge on any atom is 0.226 e. The molecule has 5 nitrogen and oxygen atoms in total. The van der Waals surface area contributed by atoms with Crippen LogP contribution in [0.3, 0.4) is 0 Å². The fourth-order valence-corrected chi connectivity index (χ4v) is 2.91. The second-order valence-electron chi connectivity index (χ2n) is 5.86. The molecule has 1 heterocycles. The summed E-state index contributed by atoms with van der Waals surface area (Å²) in [6.45, 7) is 3.66. The van der Waals surface area contributed by atoms with E-state index in [1.807, 2.05) is 12.1 Å². The van der Waals surface area contributed by atoms with E-state index in [-0.39, 0.29) is 11.8 Å². The molecule has 25 heavy (non-hydrogen) atoms. The highest BCUT2D eigenvalue weighted by molar-refractivity contribution is 9.13. The molecule has 1 rings (SSSR count). The molecule has 140 valence electrons. The van der Waals surface area contributed by atoms with Gasteiger partial charge in [0.2, 0.25) is 11.8 Å². The lowest BCUT2D eigenvalue weighted by Gasteiger charge is -2.22. The quantitative estimate of drug-likeness (QED) is 0.279. The minimum absolute atomic E-state index is 0.207. The number of carbonyl (C=O) groups excluding carboxylic acids is 2. The van der Waals surface area contributed by atoms with Crippen LogP contribution in [0.25, 0.3) is 0 Å². The van der Waals surface area contributed by atoms with E-state index in [1.54, 1.807) is 6.92 Å². The van der Waals surface area contributed by atoms with Crippen molar-refractivity contribution in [2.24, 2.45) is 0 Å². The molecule has 1 unspecified atom stereocenters. The minimum atomic E-state index is -0.964. The van der Waals surface area contributed by atoms with Gasteiger partial charge >= 0.3 is 0 Å². The van der Waals surface area contributed by atoms with E-state index in [0.29, 0.717) is 23.3 Å². The van der Waals surface area contributed by atoms with Crippen molar-refractivity contribution >= 4 is 55.3 Å². The summed E-state index contributed by atoms with van der Waals surface area (Å²) < 4.78 is 7.32. The summed E-state index contributed by atoms with van der Waals surface area (Å²) in [5, 5.41) is 1.30. The van der Waals surface area contributed by atoms with Gasteiger partial charge in [0.15, 0.2) is 5.06 Å². The zero-order valence-corrected chi connectivity index (χ0v) is 18.3. The van der Waals surface area contributed by atoms with Crippen molar-refractivity contribution in [2.75, 3.05) is 6.61 Å². The van der Waals surface area contributed by atoms with Crippen LogP contribution in [0.15, 0.2) is 21.2 Å². The average molecular weight is 499 g/mol. The normalized spacial score (nSPS) is 13.3. The molecule has 0 saturated carbocycles. The summed E-state index contributed by atoms with van der Waals surface area (Å²) in [5.41, 5.74) is 0.653. The largest absolute Gasteiger partial charge is 0.354 e. The van der Waals surface area contributed by atoms with Crippen LogP contribution in [-0.4, -0.2) is 23.4 Å². The summed E-state index contributed by atoms with van der Waals surface area (Å²) in [7, 11) is 0. The van der Waals surface area contributed by atoms with Crippen LogP contribution in [0.5, 0.6) is 0 Å². The predicted octanol–water partition coefficient (Wildman–Crippen LogP) is 5.04. The minimum Gasteiger partial charge on any atom is -0.354 e. The summed E-state index contributed by atoms with van der Waals surface area (Å²) in [6, 6.07) is 3.70. The van der Waals surface area contributed by atoms with E-state index in [2.05, 4.69) is 42.2 Å². The number of alkyl halides is 1. The second kappa shape index (κ2) is 11.3. The lowest BCUT2D eigenvalue weighted by Crippen LogP contribution is -2.27. The van der Waals surface area contributed by atoms with Crippen molar-refractivity contribution in [1.29, 1.82) is 0 Å². The SMILES string of the molecule is CC(=O)NC(=O)CCCCCCCOC(C)(Cl)c1ccc(Br)c(Br)n1. The number of hydrogen-bond donors (Lipinski definition) is 1. The van der Waals surface area contributed by atoms with Crippen LogP contribution in [0, 0.1) is 0 Å². The summed E-state index contributed by atoms with van der Waals surface area (Å²) >= 11 is 13.2. The molecule has 0 aliphatic heterocycles. The highest BCUT2D eigenvalue weighted by atomic mass is 79.9. The fourth-order valence-electron chi connectivity index (χ4n) is 2.18. The second-order valence-corrected chi connectivity index (χ2v) is 8.18. The van der Waals surface area contributed by atoms with Crippen LogP contribution in [-0.2, 0) is 19.4 Å². The number of aromatic nitrogens is 1. The monoisotopic (exact) mass is 496 g/mol. The van der Waals surface area contributed by atoms with E-state index in [4.69, 9.17) is 16.3 Å². The highest BCUT2D eigenvalue weighted by Crippen LogP contribution is 2.32. The van der Waals surface area contributed by atoms with E-state index in [0.717, 1.165) is 36.6 Å². The van der Waals surface area contributed by atoms with E-state index < -0.39 is 5.06 Å². The van der Waals surface area contributed by atoms with Crippen molar-refractivity contribution in [3.05, 3.63) is 26.9 Å². The molecular formula is C17H23Br2ClN2O3. The zero-order chi connectivity index (χ0) is 18.9. The van der Waals surface area contributed by atoms with Gasteiger partial charge in [-0.25, -0.2) is 4.98 Å². The molecule has 0 saturated heterocycles. The van der Waals surface area contributed by atoms with Gasteiger partial charge in [0.25, 0.3) is 0 Å². The Morgan fingerprint density at radius 2 is 1.84 bits per heavy atom. The van der Waals surface area contributed by atoms with Crippen LogP contribution in [0.4, 0.5) is 0 Å². The molecule has 0 aliphatic carbocycles. The van der Waals surface area contributed by atoms with Crippen molar-refractivity contribution < 1.29 is 14.3 Å². The molecule has 0 spiro atoms. The number of hydrogen-bond acceptors (Lipinski definition) is 4. The van der Waals surface area contributed by atoms with Gasteiger partial charge in [-0.3, -0.25) is 14.9 Å². The number of nitrogens with one attached hydrogen (secondary N) is 1. The molecule has 1 aromatic heterocycles. The van der Waals surface area contributed by atoms with E-state index in [1.165, 1.54) is 6.92 Å². The number of nitrogens with zero attached hydrogens (tertiary/aromatic N) is 1. The van der Waals surface area contributed by atoms with Crippen molar-refractivity contribution in [3.8, 4) is 0 Å². The Balaban J connectivity index is 2.17. The van der Waals surface area contributed by atoms with Gasteiger partial charge in [0.05, 0.1) is 10.2 Å². The van der Waals surface area contributed by atoms with Crippen molar-refractivity contribution in [1.82, 2.24) is 10.3 Å². The number of rotatable bonds is 10. The first kappa shape index (κ1) is 22.5. The molecule has 1 atom stereocenters. The highest BCUT2D eigenvalue weighted by Gasteiger charge is 2.26. The van der Waals surface area contributed by atoms with Crippen LogP contribution < -0.4 is 5.32 Å². The van der Waals surface area contributed by atoms with Gasteiger partial charge in [0.1, 0.15) is 4.60 Å². The van der Waals surface area contributed by atoms with Gasteiger partial charge in [-0.2, -0.15) is 0 Å². The maximum atomic E-state index is 11.3. The zero-order valence-electron chi connectivity index (χ0n) is 14.4. The third kappa shape index (κ3) is 9.13. The molecule has 0 aromatic carbocycles. The lowest BCUT2D eigenvalue weighted by molar-refractivity contribution is -0.129. The number of halogens is 3. The number of carbonyl (C=O) groups is 2. The summed E-state index contributed by atoms with van der Waals surface area (Å²) in [4.78, 5) is 26.4. The number of pyridine rings is 1. The molecular weight excluding hydrogens is 475 g/mol. The van der Waals surface area contributed by atoms with Gasteiger partial charge in [-0.1, -0.05) is 30.9 Å². The van der Waals surface area contributed by atoms with E-state index >= 15 is 0 Å². The molecule has 0 aliphatic rings. The number of unbranched alkanes of at least 4 members (excludes halogenated alkanes) is 4. The third-order valence-corrected chi connectivity index (χ3v) is 5.58.